The number of nitrogens with zero attached hydrogens (tertiary/aromatic N) is 3. The largest absolute Gasteiger partial charge is 0.378 e. The summed E-state index contributed by atoms with van der Waals surface area (Å²) >= 11 is 6.22. The Morgan fingerprint density at radius 3 is 2.58 bits per heavy atom. The molecule has 0 unspecified atom stereocenters. The van der Waals surface area contributed by atoms with Gasteiger partial charge in [0, 0.05) is 13.1 Å². The Morgan fingerprint density at radius 1 is 1.21 bits per heavy atom. The molecule has 0 radical (unpaired) electrons. The maximum Gasteiger partial charge on any atom is 0.275 e. The van der Waals surface area contributed by atoms with Gasteiger partial charge in [-0.1, -0.05) is 17.7 Å². The third kappa shape index (κ3) is 3.66. The van der Waals surface area contributed by atoms with Crippen molar-refractivity contribution in [2.45, 2.75) is 13.8 Å². The van der Waals surface area contributed by atoms with Crippen molar-refractivity contribution in [2.24, 2.45) is 0 Å². The van der Waals surface area contributed by atoms with E-state index in [-0.39, 0.29) is 11.6 Å². The van der Waals surface area contributed by atoms with Crippen molar-refractivity contribution in [3.05, 3.63) is 46.4 Å². The number of hydrogen-bond acceptors (Lipinski definition) is 5. The van der Waals surface area contributed by atoms with Crippen LogP contribution in [0.4, 0.5) is 11.5 Å². The Kier molecular flexibility index (Phi) is 4.97. The first-order valence-electron chi connectivity index (χ1n) is 7.77. The molecular formula is C17H19ClN4O2. The summed E-state index contributed by atoms with van der Waals surface area (Å²) in [6, 6.07) is 3.78. The van der Waals surface area contributed by atoms with Gasteiger partial charge in [-0.05, 0) is 31.0 Å². The van der Waals surface area contributed by atoms with Crippen LogP contribution in [-0.2, 0) is 4.74 Å². The third-order valence-corrected chi connectivity index (χ3v) is 4.17. The molecule has 2 aromatic rings. The van der Waals surface area contributed by atoms with E-state index in [1.807, 2.05) is 26.0 Å². The van der Waals surface area contributed by atoms with Crippen LogP contribution in [0.2, 0.25) is 5.02 Å². The Morgan fingerprint density at radius 2 is 1.96 bits per heavy atom. The van der Waals surface area contributed by atoms with Gasteiger partial charge < -0.3 is 15.0 Å². The summed E-state index contributed by atoms with van der Waals surface area (Å²) in [6.45, 7) is 6.77. The van der Waals surface area contributed by atoms with Crippen molar-refractivity contribution in [3.63, 3.8) is 0 Å². The predicted molar refractivity (Wildman–Crippen MR) is 93.9 cm³/mol. The van der Waals surface area contributed by atoms with Gasteiger partial charge in [-0.15, -0.1) is 0 Å². The molecule has 0 saturated carbocycles. The highest BCUT2D eigenvalue weighted by Crippen LogP contribution is 2.27. The SMILES string of the molecule is Cc1cc(C)c(NC(=O)c2cnc(N3CCOCC3)cn2)c(Cl)c1. The second-order valence-electron chi connectivity index (χ2n) is 5.75. The zero-order chi connectivity index (χ0) is 17.1. The Balaban J connectivity index is 1.73. The molecular weight excluding hydrogens is 328 g/mol. The minimum Gasteiger partial charge on any atom is -0.378 e. The summed E-state index contributed by atoms with van der Waals surface area (Å²) < 4.78 is 5.31. The zero-order valence-electron chi connectivity index (χ0n) is 13.7. The molecule has 1 saturated heterocycles. The van der Waals surface area contributed by atoms with Gasteiger partial charge in [0.05, 0.1) is 36.3 Å². The highest BCUT2D eigenvalue weighted by Gasteiger charge is 2.16. The number of carbonyl (C=O) groups is 1. The van der Waals surface area contributed by atoms with Crippen molar-refractivity contribution in [1.82, 2.24) is 9.97 Å². The first kappa shape index (κ1) is 16.7. The van der Waals surface area contributed by atoms with Crippen LogP contribution in [0, 0.1) is 13.8 Å². The Bertz CT molecular complexity index is 720. The number of morpholine rings is 1. The molecule has 126 valence electrons. The van der Waals surface area contributed by atoms with Gasteiger partial charge in [0.25, 0.3) is 5.91 Å². The standard InChI is InChI=1S/C17H19ClN4O2/c1-11-7-12(2)16(13(18)8-11)21-17(23)14-9-20-15(10-19-14)22-3-5-24-6-4-22/h7-10H,3-6H2,1-2H3,(H,21,23). The average Bonchev–Trinajstić information content (AvgIpc) is 2.59. The third-order valence-electron chi connectivity index (χ3n) is 3.88. The monoisotopic (exact) mass is 346 g/mol. The van der Waals surface area contributed by atoms with Crippen LogP contribution in [0.15, 0.2) is 24.5 Å². The van der Waals surface area contributed by atoms with Crippen LogP contribution in [0.5, 0.6) is 0 Å². The molecule has 1 aliphatic heterocycles. The number of amides is 1. The molecule has 1 aliphatic rings. The molecule has 6 nitrogen and oxygen atoms in total. The predicted octanol–water partition coefficient (Wildman–Crippen LogP) is 2.84. The van der Waals surface area contributed by atoms with Crippen LogP contribution < -0.4 is 10.2 Å². The van der Waals surface area contributed by atoms with Gasteiger partial charge in [-0.2, -0.15) is 0 Å². The lowest BCUT2D eigenvalue weighted by Gasteiger charge is -2.27. The van der Waals surface area contributed by atoms with E-state index in [2.05, 4.69) is 20.2 Å². The second kappa shape index (κ2) is 7.15. The number of rotatable bonds is 3. The van der Waals surface area contributed by atoms with E-state index in [9.17, 15) is 4.79 Å². The number of aryl methyl sites for hydroxylation is 2. The molecule has 1 amide bonds. The highest BCUT2D eigenvalue weighted by molar-refractivity contribution is 6.34. The molecule has 1 N–H and O–H groups in total. The van der Waals surface area contributed by atoms with Gasteiger partial charge in [0.2, 0.25) is 0 Å². The molecule has 1 aromatic heterocycles. The van der Waals surface area contributed by atoms with Gasteiger partial charge in [0.1, 0.15) is 11.5 Å². The summed E-state index contributed by atoms with van der Waals surface area (Å²) in [4.78, 5) is 23.0. The average molecular weight is 347 g/mol. The quantitative estimate of drug-likeness (QED) is 0.925. The first-order chi connectivity index (χ1) is 11.5. The van der Waals surface area contributed by atoms with Crippen molar-refractivity contribution in [1.29, 1.82) is 0 Å². The summed E-state index contributed by atoms with van der Waals surface area (Å²) in [5.41, 5.74) is 2.81. The summed E-state index contributed by atoms with van der Waals surface area (Å²) in [5.74, 6) is 0.421. The van der Waals surface area contributed by atoms with Gasteiger partial charge >= 0.3 is 0 Å². The molecule has 0 atom stereocenters. The van der Waals surface area contributed by atoms with Gasteiger partial charge in [-0.3, -0.25) is 4.79 Å². The summed E-state index contributed by atoms with van der Waals surface area (Å²) in [6.07, 6.45) is 3.10. The number of halogens is 1. The van der Waals surface area contributed by atoms with E-state index in [1.165, 1.54) is 6.20 Å². The van der Waals surface area contributed by atoms with Crippen molar-refractivity contribution in [2.75, 3.05) is 36.5 Å². The van der Waals surface area contributed by atoms with Crippen LogP contribution in [0.25, 0.3) is 0 Å². The number of anilines is 2. The van der Waals surface area contributed by atoms with Crippen LogP contribution in [-0.4, -0.2) is 42.2 Å². The number of aromatic nitrogens is 2. The van der Waals surface area contributed by atoms with Crippen LogP contribution in [0.1, 0.15) is 21.6 Å². The summed E-state index contributed by atoms with van der Waals surface area (Å²) in [5, 5.41) is 3.33. The van der Waals surface area contributed by atoms with E-state index >= 15 is 0 Å². The number of benzene rings is 1. The highest BCUT2D eigenvalue weighted by atomic mass is 35.5. The Labute approximate surface area is 145 Å². The minimum atomic E-state index is -0.329. The second-order valence-corrected chi connectivity index (χ2v) is 6.16. The van der Waals surface area contributed by atoms with Gasteiger partial charge in [-0.25, -0.2) is 9.97 Å². The fourth-order valence-electron chi connectivity index (χ4n) is 2.65. The number of ether oxygens (including phenoxy) is 1. The van der Waals surface area contributed by atoms with Crippen LogP contribution in [0.3, 0.4) is 0 Å². The molecule has 3 rings (SSSR count). The smallest absolute Gasteiger partial charge is 0.275 e. The maximum atomic E-state index is 12.4. The minimum absolute atomic E-state index is 0.253. The topological polar surface area (TPSA) is 67.4 Å². The summed E-state index contributed by atoms with van der Waals surface area (Å²) in [7, 11) is 0. The fourth-order valence-corrected chi connectivity index (χ4v) is 3.01. The molecule has 24 heavy (non-hydrogen) atoms. The number of carbonyl (C=O) groups excluding carboxylic acids is 1. The van der Waals surface area contributed by atoms with E-state index in [0.717, 1.165) is 30.0 Å². The van der Waals surface area contributed by atoms with Crippen molar-refractivity contribution in [3.8, 4) is 0 Å². The van der Waals surface area contributed by atoms with Crippen molar-refractivity contribution >= 4 is 29.0 Å². The normalized spacial score (nSPS) is 14.5. The van der Waals surface area contributed by atoms with Crippen LogP contribution >= 0.6 is 11.6 Å². The van der Waals surface area contributed by atoms with E-state index in [1.54, 1.807) is 6.20 Å². The molecule has 0 spiro atoms. The van der Waals surface area contributed by atoms with E-state index in [0.29, 0.717) is 23.9 Å². The fraction of sp³-hybridized carbons (Fsp3) is 0.353. The molecule has 1 fully saturated rings. The Hall–Kier alpha value is -2.18. The zero-order valence-corrected chi connectivity index (χ0v) is 14.4. The van der Waals surface area contributed by atoms with E-state index in [4.69, 9.17) is 16.3 Å². The molecule has 2 heterocycles. The van der Waals surface area contributed by atoms with E-state index < -0.39 is 0 Å². The lowest BCUT2D eigenvalue weighted by atomic mass is 10.1. The van der Waals surface area contributed by atoms with Gasteiger partial charge in [0.15, 0.2) is 0 Å². The molecule has 7 heteroatoms. The number of hydrogen-bond donors (Lipinski definition) is 1. The maximum absolute atomic E-state index is 12.4. The molecule has 0 bridgehead atoms. The van der Waals surface area contributed by atoms with Crippen molar-refractivity contribution < 1.29 is 9.53 Å². The lowest BCUT2D eigenvalue weighted by Crippen LogP contribution is -2.36. The first-order valence-corrected chi connectivity index (χ1v) is 8.15. The lowest BCUT2D eigenvalue weighted by molar-refractivity contribution is 0.102. The number of nitrogens with one attached hydrogen (secondary N) is 1. The molecule has 1 aromatic carbocycles. The molecule has 0 aliphatic carbocycles.